The highest BCUT2D eigenvalue weighted by Crippen LogP contribution is 2.38. The molecule has 0 unspecified atom stereocenters. The normalized spacial score (nSPS) is 14.8. The molecule has 0 fully saturated rings. The molecule has 0 aromatic rings. The van der Waals surface area contributed by atoms with Crippen molar-refractivity contribution in [3.05, 3.63) is 0 Å². The van der Waals surface area contributed by atoms with Gasteiger partial charge >= 0.3 is 0 Å². The minimum absolute atomic E-state index is 0.177. The number of hydrogen-bond donors (Lipinski definition) is 4. The maximum Gasteiger partial charge on any atom is 0.152 e. The molecule has 0 amide bonds. The summed E-state index contributed by atoms with van der Waals surface area (Å²) in [5.41, 5.74) is 11.2. The summed E-state index contributed by atoms with van der Waals surface area (Å²) in [6.45, 7) is 4.63. The second-order valence-corrected chi connectivity index (χ2v) is 6.69. The summed E-state index contributed by atoms with van der Waals surface area (Å²) in [6, 6.07) is -0.238. The van der Waals surface area contributed by atoms with Crippen molar-refractivity contribution in [3.63, 3.8) is 0 Å². The average molecular weight is 240 g/mol. The van der Waals surface area contributed by atoms with E-state index in [1.807, 2.05) is 13.8 Å². The van der Waals surface area contributed by atoms with E-state index in [1.54, 1.807) is 21.6 Å². The Labute approximate surface area is 93.2 Å². The van der Waals surface area contributed by atoms with E-state index in [1.165, 1.54) is 0 Å². The van der Waals surface area contributed by atoms with Crippen LogP contribution in [0.25, 0.3) is 0 Å². The molecule has 0 saturated carbocycles. The van der Waals surface area contributed by atoms with Gasteiger partial charge < -0.3 is 21.7 Å². The first-order valence-electron chi connectivity index (χ1n) is 4.52. The molecule has 0 aliphatic rings. The van der Waals surface area contributed by atoms with Crippen molar-refractivity contribution in [2.24, 2.45) is 11.5 Å². The van der Waals surface area contributed by atoms with Crippen molar-refractivity contribution < 1.29 is 10.2 Å². The van der Waals surface area contributed by atoms with Crippen LogP contribution in [-0.2, 0) is 0 Å². The van der Waals surface area contributed by atoms with Crippen molar-refractivity contribution in [1.29, 1.82) is 0 Å². The lowest BCUT2D eigenvalue weighted by molar-refractivity contribution is -0.0507. The van der Waals surface area contributed by atoms with Gasteiger partial charge in [0.1, 0.15) is 0 Å². The van der Waals surface area contributed by atoms with E-state index in [9.17, 15) is 0 Å². The average Bonchev–Trinajstić information content (AvgIpc) is 2.03. The third-order valence-electron chi connectivity index (χ3n) is 1.83. The summed E-state index contributed by atoms with van der Waals surface area (Å²) in [5, 5.41) is 17.6. The van der Waals surface area contributed by atoms with Gasteiger partial charge in [0.05, 0.1) is 0 Å². The highest BCUT2D eigenvalue weighted by Gasteiger charge is 2.28. The molecule has 0 radical (unpaired) electrons. The Morgan fingerprint density at radius 1 is 1.36 bits per heavy atom. The van der Waals surface area contributed by atoms with Gasteiger partial charge in [-0.15, -0.1) is 0 Å². The Morgan fingerprint density at radius 3 is 2.36 bits per heavy atom. The molecule has 0 heterocycles. The molecule has 1 atom stereocenters. The lowest BCUT2D eigenvalue weighted by atomic mass is 10.0. The Kier molecular flexibility index (Phi) is 7.19. The van der Waals surface area contributed by atoms with Gasteiger partial charge in [-0.05, 0) is 13.8 Å². The fourth-order valence-corrected chi connectivity index (χ4v) is 3.34. The quantitative estimate of drug-likeness (QED) is 0.287. The number of hydrogen-bond acceptors (Lipinski definition) is 6. The van der Waals surface area contributed by atoms with Crippen molar-refractivity contribution in [3.8, 4) is 0 Å². The second-order valence-electron chi connectivity index (χ2n) is 3.62. The Bertz CT molecular complexity index is 156. The van der Waals surface area contributed by atoms with E-state index < -0.39 is 6.29 Å². The van der Waals surface area contributed by atoms with Gasteiger partial charge in [-0.25, -0.2) is 0 Å². The van der Waals surface area contributed by atoms with Crippen LogP contribution in [-0.4, -0.2) is 39.6 Å². The molecule has 0 spiro atoms. The molecule has 6 N–H and O–H groups in total. The van der Waals surface area contributed by atoms with Gasteiger partial charge in [0, 0.05) is 29.5 Å². The van der Waals surface area contributed by atoms with Crippen LogP contribution in [0.2, 0.25) is 0 Å². The maximum absolute atomic E-state index is 8.80. The molecule has 0 aromatic heterocycles. The van der Waals surface area contributed by atoms with E-state index in [2.05, 4.69) is 0 Å². The Morgan fingerprint density at radius 2 is 1.93 bits per heavy atom. The van der Waals surface area contributed by atoms with Crippen LogP contribution in [0.3, 0.4) is 0 Å². The first-order chi connectivity index (χ1) is 6.40. The highest BCUT2D eigenvalue weighted by atomic mass is 33.1. The molecule has 0 aromatic carbocycles. The van der Waals surface area contributed by atoms with Crippen molar-refractivity contribution >= 4 is 21.6 Å². The number of nitrogens with two attached hydrogens (primary N) is 2. The van der Waals surface area contributed by atoms with E-state index in [0.717, 1.165) is 5.75 Å². The van der Waals surface area contributed by atoms with Crippen molar-refractivity contribution in [2.45, 2.75) is 37.3 Å². The standard InChI is InChI=1S/C8H20N2O2S2/c1-8(2,14-13-4-3-9)6(10)5-7(11)12/h6-7,11-12H,3-5,9-10H2,1-2H3/t6-/m1/s1. The smallest absolute Gasteiger partial charge is 0.152 e. The van der Waals surface area contributed by atoms with Crippen LogP contribution in [0, 0.1) is 0 Å². The number of aliphatic hydroxyl groups excluding tert-OH is 1. The molecule has 4 nitrogen and oxygen atoms in total. The SMILES string of the molecule is CC(C)(SSCCN)[C@H](N)CC(O)O. The first kappa shape index (κ1) is 14.5. The van der Waals surface area contributed by atoms with Gasteiger partial charge in [-0.1, -0.05) is 21.6 Å². The zero-order valence-electron chi connectivity index (χ0n) is 8.64. The third kappa shape index (κ3) is 6.10. The third-order valence-corrected chi connectivity index (χ3v) is 5.23. The minimum atomic E-state index is -1.33. The summed E-state index contributed by atoms with van der Waals surface area (Å²) in [5.74, 6) is 0.877. The molecule has 0 rings (SSSR count). The second kappa shape index (κ2) is 6.92. The van der Waals surface area contributed by atoms with Crippen LogP contribution in [0.15, 0.2) is 0 Å². The number of rotatable bonds is 7. The molecule has 86 valence electrons. The molecule has 14 heavy (non-hydrogen) atoms. The lowest BCUT2D eigenvalue weighted by Crippen LogP contribution is -2.42. The van der Waals surface area contributed by atoms with Crippen molar-refractivity contribution in [2.75, 3.05) is 12.3 Å². The zero-order valence-corrected chi connectivity index (χ0v) is 10.3. The molecular formula is C8H20N2O2S2. The summed E-state index contributed by atoms with van der Waals surface area (Å²) in [7, 11) is 3.31. The first-order valence-corrected chi connectivity index (χ1v) is 6.84. The van der Waals surface area contributed by atoms with Crippen LogP contribution in [0.5, 0.6) is 0 Å². The maximum atomic E-state index is 8.80. The fraction of sp³-hybridized carbons (Fsp3) is 1.00. The highest BCUT2D eigenvalue weighted by molar-refractivity contribution is 8.77. The van der Waals surface area contributed by atoms with Crippen LogP contribution >= 0.6 is 21.6 Å². The zero-order chi connectivity index (χ0) is 11.2. The van der Waals surface area contributed by atoms with E-state index in [4.69, 9.17) is 21.7 Å². The van der Waals surface area contributed by atoms with Gasteiger partial charge in [-0.2, -0.15) is 0 Å². The summed E-state index contributed by atoms with van der Waals surface area (Å²) in [6.07, 6.45) is -1.13. The molecular weight excluding hydrogens is 220 g/mol. The Balaban J connectivity index is 3.89. The van der Waals surface area contributed by atoms with Gasteiger partial charge in [0.2, 0.25) is 0 Å². The molecule has 0 saturated heterocycles. The fourth-order valence-electron chi connectivity index (χ4n) is 0.814. The number of aliphatic hydroxyl groups is 2. The van der Waals surface area contributed by atoms with Gasteiger partial charge in [0.25, 0.3) is 0 Å². The summed E-state index contributed by atoms with van der Waals surface area (Å²) >= 11 is 0. The predicted octanol–water partition coefficient (Wildman–Crippen LogP) is 0.133. The molecule has 6 heteroatoms. The minimum Gasteiger partial charge on any atom is -0.368 e. The largest absolute Gasteiger partial charge is 0.368 e. The van der Waals surface area contributed by atoms with Crippen LogP contribution < -0.4 is 11.5 Å². The monoisotopic (exact) mass is 240 g/mol. The van der Waals surface area contributed by atoms with Crippen molar-refractivity contribution in [1.82, 2.24) is 0 Å². The Hall–Kier alpha value is 0.540. The predicted molar refractivity (Wildman–Crippen MR) is 64.0 cm³/mol. The molecule has 0 bridgehead atoms. The van der Waals surface area contributed by atoms with E-state index in [0.29, 0.717) is 6.54 Å². The topological polar surface area (TPSA) is 92.5 Å². The van der Waals surface area contributed by atoms with Gasteiger partial charge in [-0.3, -0.25) is 0 Å². The van der Waals surface area contributed by atoms with Crippen LogP contribution in [0.1, 0.15) is 20.3 Å². The van der Waals surface area contributed by atoms with Crippen LogP contribution in [0.4, 0.5) is 0 Å². The van der Waals surface area contributed by atoms with E-state index in [-0.39, 0.29) is 17.2 Å². The summed E-state index contributed by atoms with van der Waals surface area (Å²) in [4.78, 5) is 0. The lowest BCUT2D eigenvalue weighted by Gasteiger charge is -2.30. The molecule has 0 aliphatic carbocycles. The van der Waals surface area contributed by atoms with E-state index >= 15 is 0 Å². The molecule has 0 aliphatic heterocycles. The summed E-state index contributed by atoms with van der Waals surface area (Å²) < 4.78 is -0.177. The van der Waals surface area contributed by atoms with Gasteiger partial charge in [0.15, 0.2) is 6.29 Å².